The number of ketones is 1. The van der Waals surface area contributed by atoms with Crippen LogP contribution < -0.4 is 10.1 Å². The fourth-order valence-electron chi connectivity index (χ4n) is 1.69. The van der Waals surface area contributed by atoms with Gasteiger partial charge >= 0.3 is 0 Å². The van der Waals surface area contributed by atoms with Crippen molar-refractivity contribution in [1.82, 2.24) is 0 Å². The van der Waals surface area contributed by atoms with Crippen LogP contribution in [0.25, 0.3) is 0 Å². The predicted octanol–water partition coefficient (Wildman–Crippen LogP) is 5.03. The van der Waals surface area contributed by atoms with Gasteiger partial charge in [0.05, 0.1) is 12.8 Å². The van der Waals surface area contributed by atoms with E-state index in [2.05, 4.69) is 37.2 Å². The Bertz CT molecular complexity index is 684. The number of anilines is 1. The first kappa shape index (κ1) is 15.8. The maximum Gasteiger partial charge on any atom is 0.187 e. The van der Waals surface area contributed by atoms with Gasteiger partial charge in [-0.1, -0.05) is 28.1 Å². The van der Waals surface area contributed by atoms with Crippen molar-refractivity contribution < 1.29 is 9.53 Å². The number of methoxy groups -OCH3 is 1. The molecule has 0 spiro atoms. The number of halogens is 2. The SMILES string of the molecule is COc1cccc(C(=O)/C=C\Nc2ccc(Br)cc2Br)c1. The largest absolute Gasteiger partial charge is 0.497 e. The molecule has 0 amide bonds. The molecule has 0 aliphatic carbocycles. The van der Waals surface area contributed by atoms with Gasteiger partial charge in [0, 0.05) is 26.8 Å². The van der Waals surface area contributed by atoms with Gasteiger partial charge in [-0.2, -0.15) is 0 Å². The number of allylic oxidation sites excluding steroid dienone is 1. The van der Waals surface area contributed by atoms with Gasteiger partial charge in [0.1, 0.15) is 5.75 Å². The van der Waals surface area contributed by atoms with E-state index in [1.165, 1.54) is 6.08 Å². The van der Waals surface area contributed by atoms with E-state index in [9.17, 15) is 4.79 Å². The van der Waals surface area contributed by atoms with Gasteiger partial charge in [-0.15, -0.1) is 0 Å². The minimum absolute atomic E-state index is 0.0883. The molecule has 0 unspecified atom stereocenters. The second-order valence-electron chi connectivity index (χ2n) is 4.20. The van der Waals surface area contributed by atoms with Crippen LogP contribution in [0.2, 0.25) is 0 Å². The average Bonchev–Trinajstić information content (AvgIpc) is 2.49. The molecule has 0 fully saturated rings. The highest BCUT2D eigenvalue weighted by Gasteiger charge is 2.03. The Kier molecular flexibility index (Phi) is 5.59. The van der Waals surface area contributed by atoms with E-state index < -0.39 is 0 Å². The Labute approximate surface area is 140 Å². The first-order valence-corrected chi connectivity index (χ1v) is 7.75. The summed E-state index contributed by atoms with van der Waals surface area (Å²) in [6.07, 6.45) is 3.11. The molecule has 108 valence electrons. The average molecular weight is 411 g/mol. The molecule has 5 heteroatoms. The molecule has 3 nitrogen and oxygen atoms in total. The molecule has 21 heavy (non-hydrogen) atoms. The summed E-state index contributed by atoms with van der Waals surface area (Å²) in [7, 11) is 1.58. The van der Waals surface area contributed by atoms with Crippen molar-refractivity contribution in [3.8, 4) is 5.75 Å². The summed E-state index contributed by atoms with van der Waals surface area (Å²) in [4.78, 5) is 12.0. The van der Waals surface area contributed by atoms with Crippen LogP contribution in [0.5, 0.6) is 5.75 Å². The fourth-order valence-corrected chi connectivity index (χ4v) is 2.85. The smallest absolute Gasteiger partial charge is 0.187 e. The third kappa shape index (κ3) is 4.44. The van der Waals surface area contributed by atoms with E-state index in [0.717, 1.165) is 14.6 Å². The number of benzene rings is 2. The molecular formula is C16H13Br2NO2. The molecule has 0 aromatic heterocycles. The van der Waals surface area contributed by atoms with Crippen LogP contribution in [0.15, 0.2) is 63.7 Å². The van der Waals surface area contributed by atoms with Crippen LogP contribution in [0.4, 0.5) is 5.69 Å². The lowest BCUT2D eigenvalue weighted by molar-refractivity contribution is 0.104. The molecule has 0 saturated carbocycles. The van der Waals surface area contributed by atoms with E-state index in [-0.39, 0.29) is 5.78 Å². The Morgan fingerprint density at radius 1 is 1.19 bits per heavy atom. The monoisotopic (exact) mass is 409 g/mol. The number of rotatable bonds is 5. The highest BCUT2D eigenvalue weighted by Crippen LogP contribution is 2.26. The molecule has 2 aromatic carbocycles. The summed E-state index contributed by atoms with van der Waals surface area (Å²) in [6, 6.07) is 12.8. The standard InChI is InChI=1S/C16H13Br2NO2/c1-21-13-4-2-3-11(9-13)16(20)7-8-19-15-6-5-12(17)10-14(15)18/h2-10,19H,1H3/b8-7-. The number of carbonyl (C=O) groups excluding carboxylic acids is 1. The van der Waals surface area contributed by atoms with Gasteiger partial charge < -0.3 is 10.1 Å². The summed E-state index contributed by atoms with van der Waals surface area (Å²) in [5, 5.41) is 3.07. The highest BCUT2D eigenvalue weighted by atomic mass is 79.9. The van der Waals surface area contributed by atoms with Gasteiger partial charge in [0.2, 0.25) is 0 Å². The Morgan fingerprint density at radius 3 is 2.71 bits per heavy atom. The Balaban J connectivity index is 2.05. The zero-order valence-corrected chi connectivity index (χ0v) is 14.4. The van der Waals surface area contributed by atoms with Crippen LogP contribution in [0.3, 0.4) is 0 Å². The van der Waals surface area contributed by atoms with Crippen LogP contribution in [0, 0.1) is 0 Å². The maximum absolute atomic E-state index is 12.0. The van der Waals surface area contributed by atoms with Gasteiger partial charge in [0.15, 0.2) is 5.78 Å². The Hall–Kier alpha value is -1.59. The molecule has 0 saturated heterocycles. The normalized spacial score (nSPS) is 10.6. The number of hydrogen-bond donors (Lipinski definition) is 1. The van der Waals surface area contributed by atoms with Crippen LogP contribution >= 0.6 is 31.9 Å². The van der Waals surface area contributed by atoms with E-state index in [1.54, 1.807) is 37.6 Å². The van der Waals surface area contributed by atoms with E-state index in [1.807, 2.05) is 18.2 Å². The number of ether oxygens (including phenoxy) is 1. The molecule has 2 aromatic rings. The van der Waals surface area contributed by atoms with Crippen molar-refractivity contribution in [3.63, 3.8) is 0 Å². The summed E-state index contributed by atoms with van der Waals surface area (Å²) in [5.41, 5.74) is 1.47. The lowest BCUT2D eigenvalue weighted by atomic mass is 10.1. The predicted molar refractivity (Wildman–Crippen MR) is 91.9 cm³/mol. The molecule has 2 rings (SSSR count). The molecule has 0 bridgehead atoms. The first-order chi connectivity index (χ1) is 10.1. The zero-order valence-electron chi connectivity index (χ0n) is 11.3. The lowest BCUT2D eigenvalue weighted by Gasteiger charge is -2.04. The van der Waals surface area contributed by atoms with Crippen molar-refractivity contribution >= 4 is 43.3 Å². The minimum atomic E-state index is -0.0883. The fraction of sp³-hybridized carbons (Fsp3) is 0.0625. The van der Waals surface area contributed by atoms with Gasteiger partial charge in [-0.05, 0) is 46.3 Å². The van der Waals surface area contributed by atoms with Crippen LogP contribution in [-0.4, -0.2) is 12.9 Å². The van der Waals surface area contributed by atoms with Crippen molar-refractivity contribution in [2.45, 2.75) is 0 Å². The Morgan fingerprint density at radius 2 is 2.00 bits per heavy atom. The minimum Gasteiger partial charge on any atom is -0.497 e. The van der Waals surface area contributed by atoms with Crippen molar-refractivity contribution in [2.24, 2.45) is 0 Å². The lowest BCUT2D eigenvalue weighted by Crippen LogP contribution is -1.97. The van der Waals surface area contributed by atoms with E-state index in [4.69, 9.17) is 4.74 Å². The molecule has 1 N–H and O–H groups in total. The maximum atomic E-state index is 12.0. The van der Waals surface area contributed by atoms with Crippen molar-refractivity contribution in [1.29, 1.82) is 0 Å². The van der Waals surface area contributed by atoms with Crippen LogP contribution in [0.1, 0.15) is 10.4 Å². The van der Waals surface area contributed by atoms with E-state index >= 15 is 0 Å². The molecule has 0 heterocycles. The number of carbonyl (C=O) groups is 1. The second kappa shape index (κ2) is 7.43. The van der Waals surface area contributed by atoms with Crippen molar-refractivity contribution in [3.05, 3.63) is 69.2 Å². The summed E-state index contributed by atoms with van der Waals surface area (Å²) < 4.78 is 7.00. The molecule has 0 aliphatic rings. The number of nitrogens with one attached hydrogen (secondary N) is 1. The second-order valence-corrected chi connectivity index (χ2v) is 5.97. The third-order valence-electron chi connectivity index (χ3n) is 2.76. The van der Waals surface area contributed by atoms with Gasteiger partial charge in [-0.3, -0.25) is 4.79 Å². The quantitative estimate of drug-likeness (QED) is 0.554. The number of hydrogen-bond acceptors (Lipinski definition) is 3. The molecule has 0 radical (unpaired) electrons. The summed E-state index contributed by atoms with van der Waals surface area (Å²) in [5.74, 6) is 0.576. The third-order valence-corrected chi connectivity index (χ3v) is 3.91. The molecule has 0 aliphatic heterocycles. The van der Waals surface area contributed by atoms with E-state index in [0.29, 0.717) is 11.3 Å². The summed E-state index contributed by atoms with van der Waals surface area (Å²) in [6.45, 7) is 0. The zero-order chi connectivity index (χ0) is 15.2. The first-order valence-electron chi connectivity index (χ1n) is 6.16. The summed E-state index contributed by atoms with van der Waals surface area (Å²) >= 11 is 6.84. The molecular weight excluding hydrogens is 398 g/mol. The molecule has 0 atom stereocenters. The highest BCUT2D eigenvalue weighted by molar-refractivity contribution is 9.11. The van der Waals surface area contributed by atoms with Gasteiger partial charge in [-0.25, -0.2) is 0 Å². The van der Waals surface area contributed by atoms with Gasteiger partial charge in [0.25, 0.3) is 0 Å². The van der Waals surface area contributed by atoms with Crippen molar-refractivity contribution in [2.75, 3.05) is 12.4 Å². The topological polar surface area (TPSA) is 38.3 Å². The van der Waals surface area contributed by atoms with Crippen LogP contribution in [-0.2, 0) is 0 Å².